The van der Waals surface area contributed by atoms with E-state index in [0.29, 0.717) is 5.56 Å². The molecule has 0 aliphatic rings. The molecule has 0 unspecified atom stereocenters. The molecule has 1 amide bonds. The van der Waals surface area contributed by atoms with Crippen LogP contribution in [0.5, 0.6) is 0 Å². The highest BCUT2D eigenvalue weighted by atomic mass is 16.4. The maximum absolute atomic E-state index is 12.4. The van der Waals surface area contributed by atoms with Crippen LogP contribution in [0.15, 0.2) is 60.8 Å². The molecule has 0 spiro atoms. The number of carbonyl (C=O) groups excluding carboxylic acids is 1. The molecule has 0 radical (unpaired) electrons. The molecule has 1 atom stereocenters. The number of aryl methyl sites for hydroxylation is 1. The monoisotopic (exact) mass is 334 g/mol. The summed E-state index contributed by atoms with van der Waals surface area (Å²) in [7, 11) is 0. The van der Waals surface area contributed by atoms with E-state index < -0.39 is 17.9 Å². The smallest absolute Gasteiger partial charge is 0.326 e. The third-order valence-electron chi connectivity index (χ3n) is 3.98. The van der Waals surface area contributed by atoms with E-state index in [1.165, 1.54) is 6.20 Å². The van der Waals surface area contributed by atoms with Gasteiger partial charge in [-0.25, -0.2) is 4.79 Å². The number of carbonyl (C=O) groups is 2. The Bertz CT molecular complexity index is 937. The SMILES string of the molecule is Cc1cccc(C[C@H](NC(=O)c2cnc3ccccc3c2)C(=O)O)c1. The van der Waals surface area contributed by atoms with Gasteiger partial charge in [-0.05, 0) is 24.6 Å². The Morgan fingerprint density at radius 1 is 1.12 bits per heavy atom. The number of amides is 1. The van der Waals surface area contributed by atoms with Crippen molar-refractivity contribution in [2.45, 2.75) is 19.4 Å². The number of hydrogen-bond acceptors (Lipinski definition) is 3. The number of nitrogens with zero attached hydrogens (tertiary/aromatic N) is 1. The summed E-state index contributed by atoms with van der Waals surface area (Å²) in [6, 6.07) is 15.8. The van der Waals surface area contributed by atoms with Gasteiger partial charge in [-0.1, -0.05) is 48.0 Å². The minimum atomic E-state index is -1.07. The van der Waals surface area contributed by atoms with Crippen LogP contribution in [0.1, 0.15) is 21.5 Å². The summed E-state index contributed by atoms with van der Waals surface area (Å²) in [5.74, 6) is -1.51. The molecule has 25 heavy (non-hydrogen) atoms. The second-order valence-corrected chi connectivity index (χ2v) is 5.97. The number of carboxylic acids is 1. The molecule has 2 N–H and O–H groups in total. The average molecular weight is 334 g/mol. The molecule has 5 nitrogen and oxygen atoms in total. The zero-order chi connectivity index (χ0) is 17.8. The number of aromatic nitrogens is 1. The second-order valence-electron chi connectivity index (χ2n) is 5.97. The number of nitrogens with one attached hydrogen (secondary N) is 1. The van der Waals surface area contributed by atoms with Crippen LogP contribution in [0.3, 0.4) is 0 Å². The molecule has 0 fully saturated rings. The standard InChI is InChI=1S/C20H18N2O3/c1-13-5-4-6-14(9-13)10-18(20(24)25)22-19(23)16-11-15-7-2-3-8-17(15)21-12-16/h2-9,11-12,18H,10H2,1H3,(H,22,23)(H,24,25)/t18-/m0/s1. The Hall–Kier alpha value is -3.21. The van der Waals surface area contributed by atoms with Gasteiger partial charge in [0.2, 0.25) is 0 Å². The van der Waals surface area contributed by atoms with Gasteiger partial charge in [-0.15, -0.1) is 0 Å². The molecule has 0 saturated heterocycles. The summed E-state index contributed by atoms with van der Waals surface area (Å²) >= 11 is 0. The summed E-state index contributed by atoms with van der Waals surface area (Å²) < 4.78 is 0. The number of hydrogen-bond donors (Lipinski definition) is 2. The van der Waals surface area contributed by atoms with Crippen LogP contribution in [0.25, 0.3) is 10.9 Å². The first-order valence-electron chi connectivity index (χ1n) is 7.97. The minimum absolute atomic E-state index is 0.226. The summed E-state index contributed by atoms with van der Waals surface area (Å²) in [6.07, 6.45) is 1.69. The maximum Gasteiger partial charge on any atom is 0.326 e. The summed E-state index contributed by atoms with van der Waals surface area (Å²) in [5.41, 5.74) is 3.04. The van der Waals surface area contributed by atoms with Crippen molar-refractivity contribution in [2.75, 3.05) is 0 Å². The van der Waals surface area contributed by atoms with Gasteiger partial charge in [0.25, 0.3) is 5.91 Å². The van der Waals surface area contributed by atoms with E-state index in [0.717, 1.165) is 22.0 Å². The van der Waals surface area contributed by atoms with Crippen molar-refractivity contribution in [2.24, 2.45) is 0 Å². The number of aliphatic carboxylic acids is 1. The number of carboxylic acid groups (broad SMARTS) is 1. The van der Waals surface area contributed by atoms with Crippen LogP contribution in [-0.2, 0) is 11.2 Å². The fourth-order valence-corrected chi connectivity index (χ4v) is 2.71. The Kier molecular flexibility index (Phi) is 4.75. The van der Waals surface area contributed by atoms with E-state index in [1.54, 1.807) is 6.07 Å². The highest BCUT2D eigenvalue weighted by molar-refractivity contribution is 5.99. The normalized spacial score (nSPS) is 11.9. The first-order valence-corrected chi connectivity index (χ1v) is 7.97. The minimum Gasteiger partial charge on any atom is -0.480 e. The highest BCUT2D eigenvalue weighted by Crippen LogP contribution is 2.13. The molecule has 1 aromatic heterocycles. The fourth-order valence-electron chi connectivity index (χ4n) is 2.71. The zero-order valence-corrected chi connectivity index (χ0v) is 13.8. The topological polar surface area (TPSA) is 79.3 Å². The second kappa shape index (κ2) is 7.13. The lowest BCUT2D eigenvalue weighted by molar-refractivity contribution is -0.139. The van der Waals surface area contributed by atoms with Gasteiger partial charge in [-0.2, -0.15) is 0 Å². The van der Waals surface area contributed by atoms with Crippen LogP contribution < -0.4 is 5.32 Å². The van der Waals surface area contributed by atoms with Crippen molar-refractivity contribution in [3.8, 4) is 0 Å². The van der Waals surface area contributed by atoms with Gasteiger partial charge in [0.1, 0.15) is 6.04 Å². The number of rotatable bonds is 5. The first kappa shape index (κ1) is 16.6. The third-order valence-corrected chi connectivity index (χ3v) is 3.98. The third kappa shape index (κ3) is 4.01. The predicted octanol–water partition coefficient (Wildman–Crippen LogP) is 2.97. The Morgan fingerprint density at radius 2 is 1.92 bits per heavy atom. The molecule has 0 saturated carbocycles. The van der Waals surface area contributed by atoms with Crippen LogP contribution in [0, 0.1) is 6.92 Å². The van der Waals surface area contributed by atoms with Gasteiger partial charge in [0.15, 0.2) is 0 Å². The van der Waals surface area contributed by atoms with Crippen LogP contribution in [0.4, 0.5) is 0 Å². The van der Waals surface area contributed by atoms with Crippen molar-refractivity contribution >= 4 is 22.8 Å². The molecular weight excluding hydrogens is 316 g/mol. The van der Waals surface area contributed by atoms with Crippen molar-refractivity contribution in [3.63, 3.8) is 0 Å². The number of fused-ring (bicyclic) bond motifs is 1. The van der Waals surface area contributed by atoms with E-state index >= 15 is 0 Å². The van der Waals surface area contributed by atoms with E-state index in [1.807, 2.05) is 55.5 Å². The molecule has 5 heteroatoms. The first-order chi connectivity index (χ1) is 12.0. The average Bonchev–Trinajstić information content (AvgIpc) is 2.60. The van der Waals surface area contributed by atoms with Crippen molar-refractivity contribution < 1.29 is 14.7 Å². The summed E-state index contributed by atoms with van der Waals surface area (Å²) in [4.78, 5) is 28.2. The van der Waals surface area contributed by atoms with Crippen molar-refractivity contribution in [3.05, 3.63) is 77.5 Å². The van der Waals surface area contributed by atoms with E-state index in [9.17, 15) is 14.7 Å². The summed E-state index contributed by atoms with van der Waals surface area (Å²) in [5, 5.41) is 12.9. The molecule has 1 heterocycles. The Morgan fingerprint density at radius 3 is 2.68 bits per heavy atom. The lowest BCUT2D eigenvalue weighted by Crippen LogP contribution is -2.42. The highest BCUT2D eigenvalue weighted by Gasteiger charge is 2.21. The van der Waals surface area contributed by atoms with Crippen molar-refractivity contribution in [1.29, 1.82) is 0 Å². The molecule has 3 aromatic rings. The van der Waals surface area contributed by atoms with Crippen LogP contribution >= 0.6 is 0 Å². The van der Waals surface area contributed by atoms with E-state index in [4.69, 9.17) is 0 Å². The molecular formula is C20H18N2O3. The van der Waals surface area contributed by atoms with Gasteiger partial charge in [-0.3, -0.25) is 9.78 Å². The zero-order valence-electron chi connectivity index (χ0n) is 13.8. The largest absolute Gasteiger partial charge is 0.480 e. The lowest BCUT2D eigenvalue weighted by atomic mass is 10.0. The molecule has 0 aliphatic carbocycles. The van der Waals surface area contributed by atoms with E-state index in [2.05, 4.69) is 10.3 Å². The van der Waals surface area contributed by atoms with Gasteiger partial charge < -0.3 is 10.4 Å². The van der Waals surface area contributed by atoms with Crippen LogP contribution in [0.2, 0.25) is 0 Å². The van der Waals surface area contributed by atoms with Gasteiger partial charge in [0.05, 0.1) is 11.1 Å². The van der Waals surface area contributed by atoms with Crippen molar-refractivity contribution in [1.82, 2.24) is 10.3 Å². The number of pyridine rings is 1. The molecule has 0 bridgehead atoms. The number of benzene rings is 2. The predicted molar refractivity (Wildman–Crippen MR) is 95.5 cm³/mol. The van der Waals surface area contributed by atoms with E-state index in [-0.39, 0.29) is 6.42 Å². The Labute approximate surface area is 145 Å². The maximum atomic E-state index is 12.4. The fraction of sp³-hybridized carbons (Fsp3) is 0.150. The Balaban J connectivity index is 1.78. The molecule has 3 rings (SSSR count). The quantitative estimate of drug-likeness (QED) is 0.752. The lowest BCUT2D eigenvalue weighted by Gasteiger charge is -2.15. The van der Waals surface area contributed by atoms with Gasteiger partial charge in [0, 0.05) is 18.0 Å². The molecule has 0 aliphatic heterocycles. The molecule has 126 valence electrons. The molecule has 2 aromatic carbocycles. The number of para-hydroxylation sites is 1. The summed E-state index contributed by atoms with van der Waals surface area (Å²) in [6.45, 7) is 1.94. The van der Waals surface area contributed by atoms with Crippen LogP contribution in [-0.4, -0.2) is 28.0 Å². The van der Waals surface area contributed by atoms with Gasteiger partial charge >= 0.3 is 5.97 Å².